The molecular formula is C23H23ClFN5O. The Balaban J connectivity index is 1.59. The van der Waals surface area contributed by atoms with E-state index in [-0.39, 0.29) is 10.9 Å². The summed E-state index contributed by atoms with van der Waals surface area (Å²) >= 11 is 5.88. The fourth-order valence-corrected chi connectivity index (χ4v) is 3.88. The number of nitrogens with one attached hydrogen (secondary N) is 2. The average molecular weight is 440 g/mol. The second-order valence-electron chi connectivity index (χ2n) is 7.70. The number of aromatic nitrogens is 2. The van der Waals surface area contributed by atoms with Crippen LogP contribution in [0.15, 0.2) is 48.8 Å². The number of anilines is 3. The molecule has 1 atom stereocenters. The van der Waals surface area contributed by atoms with Gasteiger partial charge in [-0.15, -0.1) is 0 Å². The van der Waals surface area contributed by atoms with Crippen LogP contribution in [0.1, 0.15) is 18.4 Å². The molecule has 2 aromatic carbocycles. The van der Waals surface area contributed by atoms with Gasteiger partial charge in [-0.25, -0.2) is 14.4 Å². The van der Waals surface area contributed by atoms with E-state index >= 15 is 0 Å². The molecule has 160 valence electrons. The van der Waals surface area contributed by atoms with Crippen molar-refractivity contribution >= 4 is 45.6 Å². The van der Waals surface area contributed by atoms with E-state index in [0.29, 0.717) is 23.2 Å². The Kier molecular flexibility index (Phi) is 6.15. The minimum Gasteiger partial charge on any atom is -0.340 e. The summed E-state index contributed by atoms with van der Waals surface area (Å²) in [5.41, 5.74) is 2.89. The SMILES string of the molecule is Cc1cc2ncnc(Nc3ccc(F)c(Cl)c3)c2cc1NC(=O)/C=C/[C@H]1CCCN1C. The van der Waals surface area contributed by atoms with Crippen molar-refractivity contribution in [1.82, 2.24) is 14.9 Å². The molecule has 2 heterocycles. The fourth-order valence-electron chi connectivity index (χ4n) is 3.70. The van der Waals surface area contributed by atoms with Crippen molar-refractivity contribution in [3.05, 3.63) is 65.2 Å². The molecule has 31 heavy (non-hydrogen) atoms. The monoisotopic (exact) mass is 439 g/mol. The van der Waals surface area contributed by atoms with Gasteiger partial charge in [-0.1, -0.05) is 17.7 Å². The average Bonchev–Trinajstić information content (AvgIpc) is 3.15. The lowest BCUT2D eigenvalue weighted by molar-refractivity contribution is -0.111. The summed E-state index contributed by atoms with van der Waals surface area (Å²) in [6, 6.07) is 8.40. The molecule has 0 bridgehead atoms. The van der Waals surface area contributed by atoms with Crippen LogP contribution in [0.3, 0.4) is 0 Å². The lowest BCUT2D eigenvalue weighted by Crippen LogP contribution is -2.23. The molecule has 0 unspecified atom stereocenters. The number of aryl methyl sites for hydroxylation is 1. The molecule has 1 amide bonds. The van der Waals surface area contributed by atoms with Crippen LogP contribution < -0.4 is 10.6 Å². The first-order valence-electron chi connectivity index (χ1n) is 10.1. The van der Waals surface area contributed by atoms with Gasteiger partial charge in [0.05, 0.1) is 10.5 Å². The molecule has 1 aliphatic rings. The first kappa shape index (κ1) is 21.2. The summed E-state index contributed by atoms with van der Waals surface area (Å²) < 4.78 is 13.5. The van der Waals surface area contributed by atoms with E-state index in [1.807, 2.05) is 25.1 Å². The number of amides is 1. The zero-order chi connectivity index (χ0) is 22.0. The molecule has 0 radical (unpaired) electrons. The number of carbonyl (C=O) groups is 1. The first-order valence-corrected chi connectivity index (χ1v) is 10.5. The second kappa shape index (κ2) is 8.99. The topological polar surface area (TPSA) is 70.1 Å². The van der Waals surface area contributed by atoms with Gasteiger partial charge in [0.25, 0.3) is 0 Å². The van der Waals surface area contributed by atoms with Gasteiger partial charge in [0.15, 0.2) is 0 Å². The second-order valence-corrected chi connectivity index (χ2v) is 8.11. The fraction of sp³-hybridized carbons (Fsp3) is 0.261. The maximum absolute atomic E-state index is 13.5. The summed E-state index contributed by atoms with van der Waals surface area (Å²) in [6.07, 6.45) is 7.21. The third-order valence-electron chi connectivity index (χ3n) is 5.47. The molecule has 8 heteroatoms. The highest BCUT2D eigenvalue weighted by molar-refractivity contribution is 6.31. The van der Waals surface area contributed by atoms with Crippen LogP contribution >= 0.6 is 11.6 Å². The molecule has 0 spiro atoms. The summed E-state index contributed by atoms with van der Waals surface area (Å²) in [5, 5.41) is 6.84. The Hall–Kier alpha value is -3.03. The maximum atomic E-state index is 13.5. The van der Waals surface area contributed by atoms with E-state index < -0.39 is 5.82 Å². The molecule has 0 aliphatic carbocycles. The molecule has 0 saturated carbocycles. The van der Waals surface area contributed by atoms with Crippen LogP contribution in [0.5, 0.6) is 0 Å². The molecule has 6 nitrogen and oxygen atoms in total. The zero-order valence-corrected chi connectivity index (χ0v) is 18.1. The number of rotatable bonds is 5. The van der Waals surface area contributed by atoms with E-state index in [0.717, 1.165) is 35.9 Å². The Morgan fingerprint density at radius 3 is 2.87 bits per heavy atom. The highest BCUT2D eigenvalue weighted by atomic mass is 35.5. The number of benzene rings is 2. The van der Waals surface area contributed by atoms with Crippen LogP contribution in [0, 0.1) is 12.7 Å². The van der Waals surface area contributed by atoms with E-state index in [4.69, 9.17) is 11.6 Å². The summed E-state index contributed by atoms with van der Waals surface area (Å²) in [5.74, 6) is -0.136. The van der Waals surface area contributed by atoms with Crippen LogP contribution in [-0.2, 0) is 4.79 Å². The lowest BCUT2D eigenvalue weighted by atomic mass is 10.1. The number of hydrogen-bond donors (Lipinski definition) is 2. The number of likely N-dealkylation sites (N-methyl/N-ethyl adjacent to an activating group) is 1. The summed E-state index contributed by atoms with van der Waals surface area (Å²) in [4.78, 5) is 23.4. The van der Waals surface area contributed by atoms with Crippen LogP contribution in [0.25, 0.3) is 10.9 Å². The Morgan fingerprint density at radius 1 is 1.29 bits per heavy atom. The van der Waals surface area contributed by atoms with Crippen molar-refractivity contribution in [3.8, 4) is 0 Å². The minimum absolute atomic E-state index is 0.0202. The highest BCUT2D eigenvalue weighted by Crippen LogP contribution is 2.29. The predicted molar refractivity (Wildman–Crippen MR) is 122 cm³/mol. The number of likely N-dealkylation sites (tertiary alicyclic amines) is 1. The van der Waals surface area contributed by atoms with E-state index in [1.165, 1.54) is 18.5 Å². The van der Waals surface area contributed by atoms with E-state index in [1.54, 1.807) is 12.1 Å². The van der Waals surface area contributed by atoms with Crippen molar-refractivity contribution < 1.29 is 9.18 Å². The number of nitrogens with zero attached hydrogens (tertiary/aromatic N) is 3. The largest absolute Gasteiger partial charge is 0.340 e. The van der Waals surface area contributed by atoms with Crippen molar-refractivity contribution in [2.24, 2.45) is 0 Å². The number of carbonyl (C=O) groups excluding carboxylic acids is 1. The normalized spacial score (nSPS) is 16.8. The third kappa shape index (κ3) is 4.84. The molecule has 1 saturated heterocycles. The number of halogens is 2. The molecule has 1 fully saturated rings. The van der Waals surface area contributed by atoms with Gasteiger partial charge in [0.2, 0.25) is 5.91 Å². The molecular weight excluding hydrogens is 417 g/mol. The Morgan fingerprint density at radius 2 is 2.13 bits per heavy atom. The number of hydrogen-bond acceptors (Lipinski definition) is 5. The quantitative estimate of drug-likeness (QED) is 0.543. The Labute approximate surface area is 185 Å². The van der Waals surface area contributed by atoms with Gasteiger partial charge < -0.3 is 10.6 Å². The molecule has 2 N–H and O–H groups in total. The first-order chi connectivity index (χ1) is 14.9. The minimum atomic E-state index is -0.489. The molecule has 1 aromatic heterocycles. The lowest BCUT2D eigenvalue weighted by Gasteiger charge is -2.15. The van der Waals surface area contributed by atoms with Crippen molar-refractivity contribution in [3.63, 3.8) is 0 Å². The third-order valence-corrected chi connectivity index (χ3v) is 5.76. The number of fused-ring (bicyclic) bond motifs is 1. The maximum Gasteiger partial charge on any atom is 0.248 e. The molecule has 3 aromatic rings. The van der Waals surface area contributed by atoms with Gasteiger partial charge in [-0.05, 0) is 69.3 Å². The standard InChI is InChI=1S/C23H23ClFN5O/c1-14-10-21-17(12-20(14)29-22(31)8-6-16-4-3-9-30(16)2)23(27-13-26-21)28-15-5-7-19(25)18(24)11-15/h5-8,10-13,16H,3-4,9H2,1-2H3,(H,29,31)(H,26,27,28)/b8-6+/t16-/m1/s1. The van der Waals surface area contributed by atoms with E-state index in [2.05, 4.69) is 32.5 Å². The zero-order valence-electron chi connectivity index (χ0n) is 17.3. The predicted octanol–water partition coefficient (Wildman–Crippen LogP) is 5.06. The van der Waals surface area contributed by atoms with Gasteiger partial charge in [0, 0.05) is 28.9 Å². The van der Waals surface area contributed by atoms with Crippen molar-refractivity contribution in [2.45, 2.75) is 25.8 Å². The van der Waals surface area contributed by atoms with Gasteiger partial charge in [0.1, 0.15) is 18.0 Å². The van der Waals surface area contributed by atoms with E-state index in [9.17, 15) is 9.18 Å². The smallest absolute Gasteiger partial charge is 0.248 e. The van der Waals surface area contributed by atoms with Gasteiger partial charge in [-0.3, -0.25) is 9.69 Å². The van der Waals surface area contributed by atoms with Crippen LogP contribution in [-0.4, -0.2) is 40.4 Å². The Bertz CT molecular complexity index is 1170. The van der Waals surface area contributed by atoms with Crippen molar-refractivity contribution in [2.75, 3.05) is 24.2 Å². The van der Waals surface area contributed by atoms with Crippen molar-refractivity contribution in [1.29, 1.82) is 0 Å². The highest BCUT2D eigenvalue weighted by Gasteiger charge is 2.18. The van der Waals surface area contributed by atoms with Crippen LogP contribution in [0.2, 0.25) is 5.02 Å². The van der Waals surface area contributed by atoms with Gasteiger partial charge in [-0.2, -0.15) is 0 Å². The molecule has 1 aliphatic heterocycles. The van der Waals surface area contributed by atoms with Crippen LogP contribution in [0.4, 0.5) is 21.6 Å². The molecule has 4 rings (SSSR count). The summed E-state index contributed by atoms with van der Waals surface area (Å²) in [7, 11) is 2.07. The summed E-state index contributed by atoms with van der Waals surface area (Å²) in [6.45, 7) is 2.97. The van der Waals surface area contributed by atoms with Gasteiger partial charge >= 0.3 is 0 Å².